The number of benzene rings is 1. The van der Waals surface area contributed by atoms with E-state index in [1.807, 2.05) is 23.7 Å². The molecular formula is C14H17ClN4S. The number of halogens is 1. The summed E-state index contributed by atoms with van der Waals surface area (Å²) in [6.45, 7) is 5.06. The maximum absolute atomic E-state index is 6.06. The van der Waals surface area contributed by atoms with Crippen LogP contribution in [-0.4, -0.2) is 36.1 Å². The highest BCUT2D eigenvalue weighted by atomic mass is 35.5. The van der Waals surface area contributed by atoms with Gasteiger partial charge in [-0.25, -0.2) is 4.98 Å². The SMILES string of the molecule is Nc1ccc(CN2CCN(c3nccs3)CC2)cc1Cl. The lowest BCUT2D eigenvalue weighted by Crippen LogP contribution is -2.45. The van der Waals surface area contributed by atoms with Gasteiger partial charge in [0.2, 0.25) is 0 Å². The Balaban J connectivity index is 1.57. The number of anilines is 2. The van der Waals surface area contributed by atoms with Crippen LogP contribution >= 0.6 is 22.9 Å². The van der Waals surface area contributed by atoms with Crippen LogP contribution < -0.4 is 10.6 Å². The maximum Gasteiger partial charge on any atom is 0.185 e. The van der Waals surface area contributed by atoms with Gasteiger partial charge in [0.15, 0.2) is 5.13 Å². The molecule has 4 nitrogen and oxygen atoms in total. The van der Waals surface area contributed by atoms with Crippen molar-refractivity contribution in [2.75, 3.05) is 36.8 Å². The molecule has 0 spiro atoms. The van der Waals surface area contributed by atoms with Gasteiger partial charge >= 0.3 is 0 Å². The molecule has 0 radical (unpaired) electrons. The predicted octanol–water partition coefficient (Wildman–Crippen LogP) is 2.70. The lowest BCUT2D eigenvalue weighted by atomic mass is 10.2. The molecule has 2 aromatic rings. The molecule has 1 aliphatic heterocycles. The van der Waals surface area contributed by atoms with E-state index in [2.05, 4.69) is 20.9 Å². The second kappa shape index (κ2) is 5.99. The van der Waals surface area contributed by atoms with Crippen LogP contribution in [0.1, 0.15) is 5.56 Å². The van der Waals surface area contributed by atoms with Gasteiger partial charge in [0, 0.05) is 44.3 Å². The molecule has 2 heterocycles. The number of aromatic nitrogens is 1. The van der Waals surface area contributed by atoms with Crippen molar-refractivity contribution in [1.82, 2.24) is 9.88 Å². The minimum atomic E-state index is 0.643. The molecule has 1 aliphatic rings. The van der Waals surface area contributed by atoms with Crippen LogP contribution in [0.3, 0.4) is 0 Å². The standard InChI is InChI=1S/C14H17ClN4S/c15-12-9-11(1-2-13(12)16)10-18-4-6-19(7-5-18)14-17-3-8-20-14/h1-3,8-9H,4-7,10,16H2. The smallest absolute Gasteiger partial charge is 0.185 e. The molecule has 1 aromatic heterocycles. The van der Waals surface area contributed by atoms with Gasteiger partial charge in [-0.15, -0.1) is 11.3 Å². The maximum atomic E-state index is 6.06. The molecule has 1 aromatic carbocycles. The summed E-state index contributed by atoms with van der Waals surface area (Å²) in [5, 5.41) is 3.79. The number of piperazine rings is 1. The number of hydrogen-bond donors (Lipinski definition) is 1. The van der Waals surface area contributed by atoms with Crippen molar-refractivity contribution in [2.24, 2.45) is 0 Å². The Morgan fingerprint density at radius 2 is 2.05 bits per heavy atom. The van der Waals surface area contributed by atoms with Crippen molar-refractivity contribution in [3.63, 3.8) is 0 Å². The molecule has 0 bridgehead atoms. The summed E-state index contributed by atoms with van der Waals surface area (Å²) in [5.41, 5.74) is 7.59. The quantitative estimate of drug-likeness (QED) is 0.886. The normalized spacial score (nSPS) is 16.6. The van der Waals surface area contributed by atoms with Crippen molar-refractivity contribution in [3.05, 3.63) is 40.4 Å². The highest BCUT2D eigenvalue weighted by Gasteiger charge is 2.18. The van der Waals surface area contributed by atoms with E-state index < -0.39 is 0 Å². The molecule has 0 amide bonds. The number of hydrogen-bond acceptors (Lipinski definition) is 5. The first-order valence-corrected chi connectivity index (χ1v) is 7.89. The van der Waals surface area contributed by atoms with Gasteiger partial charge in [-0.1, -0.05) is 17.7 Å². The summed E-state index contributed by atoms with van der Waals surface area (Å²) >= 11 is 7.77. The van der Waals surface area contributed by atoms with E-state index in [9.17, 15) is 0 Å². The summed E-state index contributed by atoms with van der Waals surface area (Å²) < 4.78 is 0. The van der Waals surface area contributed by atoms with Crippen LogP contribution in [0, 0.1) is 0 Å². The number of rotatable bonds is 3. The van der Waals surface area contributed by atoms with E-state index in [0.717, 1.165) is 37.9 Å². The first-order chi connectivity index (χ1) is 9.72. The Bertz CT molecular complexity index is 565. The van der Waals surface area contributed by atoms with Crippen LogP contribution in [0.25, 0.3) is 0 Å². The fourth-order valence-electron chi connectivity index (χ4n) is 2.40. The third-order valence-corrected chi connectivity index (χ3v) is 4.69. The molecule has 0 atom stereocenters. The van der Waals surface area contributed by atoms with E-state index in [4.69, 9.17) is 17.3 Å². The van der Waals surface area contributed by atoms with Crippen LogP contribution in [0.15, 0.2) is 29.8 Å². The Labute approximate surface area is 127 Å². The molecule has 3 rings (SSSR count). The van der Waals surface area contributed by atoms with Crippen molar-refractivity contribution < 1.29 is 0 Å². The van der Waals surface area contributed by atoms with Gasteiger partial charge in [0.05, 0.1) is 10.7 Å². The van der Waals surface area contributed by atoms with Gasteiger partial charge in [-0.2, -0.15) is 0 Å². The first-order valence-electron chi connectivity index (χ1n) is 6.63. The van der Waals surface area contributed by atoms with E-state index in [1.54, 1.807) is 11.3 Å². The number of nitrogens with two attached hydrogens (primary N) is 1. The van der Waals surface area contributed by atoms with Crippen LogP contribution in [-0.2, 0) is 6.54 Å². The fourth-order valence-corrected chi connectivity index (χ4v) is 3.30. The molecule has 1 fully saturated rings. The third kappa shape index (κ3) is 3.06. The lowest BCUT2D eigenvalue weighted by molar-refractivity contribution is 0.250. The van der Waals surface area contributed by atoms with E-state index in [0.29, 0.717) is 10.7 Å². The Morgan fingerprint density at radius 3 is 2.70 bits per heavy atom. The first kappa shape index (κ1) is 13.7. The van der Waals surface area contributed by atoms with Crippen molar-refractivity contribution in [3.8, 4) is 0 Å². The minimum absolute atomic E-state index is 0.643. The molecule has 20 heavy (non-hydrogen) atoms. The minimum Gasteiger partial charge on any atom is -0.398 e. The zero-order chi connectivity index (χ0) is 13.9. The van der Waals surface area contributed by atoms with Crippen LogP contribution in [0.2, 0.25) is 5.02 Å². The average molecular weight is 309 g/mol. The zero-order valence-corrected chi connectivity index (χ0v) is 12.7. The molecule has 0 saturated carbocycles. The fraction of sp³-hybridized carbons (Fsp3) is 0.357. The topological polar surface area (TPSA) is 45.4 Å². The monoisotopic (exact) mass is 308 g/mol. The predicted molar refractivity (Wildman–Crippen MR) is 85.5 cm³/mol. The van der Waals surface area contributed by atoms with E-state index >= 15 is 0 Å². The molecule has 2 N–H and O–H groups in total. The Hall–Kier alpha value is -1.30. The van der Waals surface area contributed by atoms with Crippen molar-refractivity contribution in [2.45, 2.75) is 6.54 Å². The number of thiazole rings is 1. The molecule has 0 aliphatic carbocycles. The van der Waals surface area contributed by atoms with Gasteiger partial charge in [0.25, 0.3) is 0 Å². The third-order valence-electron chi connectivity index (χ3n) is 3.53. The van der Waals surface area contributed by atoms with Crippen LogP contribution in [0.4, 0.5) is 10.8 Å². The van der Waals surface area contributed by atoms with E-state index in [-0.39, 0.29) is 0 Å². The van der Waals surface area contributed by atoms with Gasteiger partial charge in [0.1, 0.15) is 0 Å². The highest BCUT2D eigenvalue weighted by Crippen LogP contribution is 2.22. The molecule has 1 saturated heterocycles. The molecule has 106 valence electrons. The lowest BCUT2D eigenvalue weighted by Gasteiger charge is -2.34. The van der Waals surface area contributed by atoms with Crippen molar-refractivity contribution >= 4 is 33.8 Å². The largest absolute Gasteiger partial charge is 0.398 e. The summed E-state index contributed by atoms with van der Waals surface area (Å²) in [6.07, 6.45) is 1.86. The summed E-state index contributed by atoms with van der Waals surface area (Å²) in [5.74, 6) is 0. The number of nitrogens with zero attached hydrogens (tertiary/aromatic N) is 3. The molecule has 6 heteroatoms. The van der Waals surface area contributed by atoms with Gasteiger partial charge < -0.3 is 10.6 Å². The van der Waals surface area contributed by atoms with Crippen molar-refractivity contribution in [1.29, 1.82) is 0 Å². The Kier molecular flexibility index (Phi) is 4.10. The zero-order valence-electron chi connectivity index (χ0n) is 11.1. The van der Waals surface area contributed by atoms with Gasteiger partial charge in [-0.05, 0) is 17.7 Å². The average Bonchev–Trinajstić information content (AvgIpc) is 2.98. The summed E-state index contributed by atoms with van der Waals surface area (Å²) in [6, 6.07) is 5.89. The number of nitrogen functional groups attached to an aromatic ring is 1. The highest BCUT2D eigenvalue weighted by molar-refractivity contribution is 7.13. The second-order valence-corrected chi connectivity index (χ2v) is 6.21. The summed E-state index contributed by atoms with van der Waals surface area (Å²) in [4.78, 5) is 9.15. The Morgan fingerprint density at radius 1 is 1.25 bits per heavy atom. The second-order valence-electron chi connectivity index (χ2n) is 4.93. The molecular weight excluding hydrogens is 292 g/mol. The molecule has 0 unspecified atom stereocenters. The van der Waals surface area contributed by atoms with E-state index in [1.165, 1.54) is 5.56 Å². The van der Waals surface area contributed by atoms with Gasteiger partial charge in [-0.3, -0.25) is 4.90 Å². The van der Waals surface area contributed by atoms with Crippen LogP contribution in [0.5, 0.6) is 0 Å². The summed E-state index contributed by atoms with van der Waals surface area (Å²) in [7, 11) is 0.